The molecule has 2 aromatic heterocycles. The van der Waals surface area contributed by atoms with Crippen molar-refractivity contribution in [2.24, 2.45) is 0 Å². The summed E-state index contributed by atoms with van der Waals surface area (Å²) in [6.07, 6.45) is 2.90. The van der Waals surface area contributed by atoms with E-state index in [1.165, 1.54) is 65.5 Å². The van der Waals surface area contributed by atoms with Crippen LogP contribution in [0.15, 0.2) is 83.9 Å². The maximum atomic E-state index is 14.0. The van der Waals surface area contributed by atoms with Crippen LogP contribution in [-0.2, 0) is 11.3 Å². The van der Waals surface area contributed by atoms with Gasteiger partial charge in [-0.2, -0.15) is 0 Å². The normalized spacial score (nSPS) is 11.7. The minimum atomic E-state index is -0.533. The molecule has 188 valence electrons. The standard InChI is InChI=1S/C28H24F2N4O3/c1-17(31-2)27(36)33-24-10-11-25(20-4-3-5-23(30)13-20)34(28(24)37)16-18-12-21(15-32-14-18)26(35)19-6-8-22(29)9-7-19/h3-15,17,31H,16H2,1-2H3,(H,33,36)/t17-/m0/s1. The van der Waals surface area contributed by atoms with Crippen LogP contribution in [-0.4, -0.2) is 34.3 Å². The van der Waals surface area contributed by atoms with Crippen LogP contribution >= 0.6 is 0 Å². The summed E-state index contributed by atoms with van der Waals surface area (Å²) in [7, 11) is 1.63. The number of pyridine rings is 2. The Morgan fingerprint density at radius 2 is 1.70 bits per heavy atom. The van der Waals surface area contributed by atoms with Crippen LogP contribution in [0.3, 0.4) is 0 Å². The van der Waals surface area contributed by atoms with E-state index in [1.54, 1.807) is 32.2 Å². The van der Waals surface area contributed by atoms with E-state index < -0.39 is 29.1 Å². The Balaban J connectivity index is 1.75. The molecule has 1 atom stereocenters. The largest absolute Gasteiger partial charge is 0.320 e. The maximum absolute atomic E-state index is 14.0. The van der Waals surface area contributed by atoms with Gasteiger partial charge in [0.15, 0.2) is 5.78 Å². The third-order valence-corrected chi connectivity index (χ3v) is 5.88. The minimum Gasteiger partial charge on any atom is -0.320 e. The van der Waals surface area contributed by atoms with Gasteiger partial charge in [-0.15, -0.1) is 0 Å². The van der Waals surface area contributed by atoms with Crippen LogP contribution in [0.2, 0.25) is 0 Å². The Labute approximate surface area is 211 Å². The minimum absolute atomic E-state index is 0.00644. The SMILES string of the molecule is CN[C@@H](C)C(=O)Nc1ccc(-c2cccc(F)c2)n(Cc2cncc(C(=O)c3ccc(F)cc3)c2)c1=O. The summed E-state index contributed by atoms with van der Waals surface area (Å²) < 4.78 is 28.6. The van der Waals surface area contributed by atoms with Crippen LogP contribution in [0.1, 0.15) is 28.4 Å². The zero-order valence-electron chi connectivity index (χ0n) is 20.2. The number of hydrogen-bond donors (Lipinski definition) is 2. The summed E-state index contributed by atoms with van der Waals surface area (Å²) >= 11 is 0. The Morgan fingerprint density at radius 3 is 2.41 bits per heavy atom. The first-order chi connectivity index (χ1) is 17.8. The van der Waals surface area contributed by atoms with Crippen molar-refractivity contribution in [2.45, 2.75) is 19.5 Å². The molecule has 0 bridgehead atoms. The molecule has 4 rings (SSSR count). The summed E-state index contributed by atoms with van der Waals surface area (Å²) in [5.74, 6) is -1.67. The smallest absolute Gasteiger partial charge is 0.275 e. The van der Waals surface area contributed by atoms with E-state index in [0.29, 0.717) is 22.4 Å². The number of ketones is 1. The lowest BCUT2D eigenvalue weighted by Gasteiger charge is -2.17. The summed E-state index contributed by atoms with van der Waals surface area (Å²) in [6, 6.07) is 15.1. The monoisotopic (exact) mass is 502 g/mol. The van der Waals surface area contributed by atoms with Gasteiger partial charge in [-0.3, -0.25) is 19.4 Å². The molecular weight excluding hydrogens is 478 g/mol. The van der Waals surface area contributed by atoms with Gasteiger partial charge in [0.25, 0.3) is 5.56 Å². The number of nitrogens with zero attached hydrogens (tertiary/aromatic N) is 2. The second kappa shape index (κ2) is 11.0. The Kier molecular flexibility index (Phi) is 7.64. The highest BCUT2D eigenvalue weighted by atomic mass is 19.1. The molecule has 0 saturated heterocycles. The maximum Gasteiger partial charge on any atom is 0.275 e. The van der Waals surface area contributed by atoms with Gasteiger partial charge < -0.3 is 15.2 Å². The second-order valence-corrected chi connectivity index (χ2v) is 8.45. The Hall–Kier alpha value is -4.50. The molecule has 0 spiro atoms. The predicted molar refractivity (Wildman–Crippen MR) is 136 cm³/mol. The van der Waals surface area contributed by atoms with E-state index in [2.05, 4.69) is 15.6 Å². The number of carbonyl (C=O) groups is 2. The van der Waals surface area contributed by atoms with Crippen molar-refractivity contribution in [1.82, 2.24) is 14.9 Å². The number of aromatic nitrogens is 2. The van der Waals surface area contributed by atoms with Crippen molar-refractivity contribution < 1.29 is 18.4 Å². The fraction of sp³-hybridized carbons (Fsp3) is 0.143. The molecule has 0 aliphatic carbocycles. The topological polar surface area (TPSA) is 93.1 Å². The first-order valence-electron chi connectivity index (χ1n) is 11.5. The Bertz CT molecular complexity index is 1520. The third-order valence-electron chi connectivity index (χ3n) is 5.88. The molecule has 0 unspecified atom stereocenters. The number of nitrogens with one attached hydrogen (secondary N) is 2. The van der Waals surface area contributed by atoms with Crippen LogP contribution in [0, 0.1) is 11.6 Å². The number of rotatable bonds is 8. The first kappa shape index (κ1) is 25.6. The highest BCUT2D eigenvalue weighted by Gasteiger charge is 2.17. The summed E-state index contributed by atoms with van der Waals surface area (Å²) in [5, 5.41) is 5.44. The van der Waals surface area contributed by atoms with Crippen molar-refractivity contribution in [1.29, 1.82) is 0 Å². The summed E-state index contributed by atoms with van der Waals surface area (Å²) in [6.45, 7) is 1.65. The second-order valence-electron chi connectivity index (χ2n) is 8.45. The molecule has 0 aliphatic rings. The molecule has 0 radical (unpaired) electrons. The molecule has 37 heavy (non-hydrogen) atoms. The first-order valence-corrected chi connectivity index (χ1v) is 11.5. The molecule has 0 saturated carbocycles. The fourth-order valence-corrected chi connectivity index (χ4v) is 3.75. The lowest BCUT2D eigenvalue weighted by Crippen LogP contribution is -2.37. The molecule has 4 aromatic rings. The van der Waals surface area contributed by atoms with Crippen molar-refractivity contribution >= 4 is 17.4 Å². The van der Waals surface area contributed by atoms with E-state index in [4.69, 9.17) is 0 Å². The van der Waals surface area contributed by atoms with Gasteiger partial charge in [0.2, 0.25) is 5.91 Å². The average molecular weight is 503 g/mol. The van der Waals surface area contributed by atoms with Crippen molar-refractivity contribution in [3.05, 3.63) is 118 Å². The lowest BCUT2D eigenvalue weighted by molar-refractivity contribution is -0.117. The predicted octanol–water partition coefficient (Wildman–Crippen LogP) is 4.01. The van der Waals surface area contributed by atoms with Crippen molar-refractivity contribution in [3.63, 3.8) is 0 Å². The molecule has 0 aliphatic heterocycles. The lowest BCUT2D eigenvalue weighted by atomic mass is 10.0. The van der Waals surface area contributed by atoms with E-state index in [-0.39, 0.29) is 23.6 Å². The number of hydrogen-bond acceptors (Lipinski definition) is 5. The molecule has 9 heteroatoms. The molecule has 0 fully saturated rings. The number of carbonyl (C=O) groups excluding carboxylic acids is 2. The Morgan fingerprint density at radius 1 is 0.946 bits per heavy atom. The quantitative estimate of drug-likeness (QED) is 0.355. The van der Waals surface area contributed by atoms with Gasteiger partial charge in [-0.05, 0) is 74.1 Å². The fourth-order valence-electron chi connectivity index (χ4n) is 3.75. The van der Waals surface area contributed by atoms with Crippen molar-refractivity contribution in [2.75, 3.05) is 12.4 Å². The number of benzene rings is 2. The number of likely N-dealkylation sites (N-methyl/N-ethyl adjacent to an activating group) is 1. The number of anilines is 1. The zero-order valence-corrected chi connectivity index (χ0v) is 20.2. The van der Waals surface area contributed by atoms with Gasteiger partial charge in [0, 0.05) is 29.1 Å². The highest BCUT2D eigenvalue weighted by molar-refractivity contribution is 6.08. The van der Waals surface area contributed by atoms with E-state index in [9.17, 15) is 23.2 Å². The van der Waals surface area contributed by atoms with E-state index in [0.717, 1.165) is 0 Å². The third kappa shape index (κ3) is 5.84. The zero-order chi connectivity index (χ0) is 26.5. The van der Waals surface area contributed by atoms with Crippen LogP contribution in [0.4, 0.5) is 14.5 Å². The molecule has 2 aromatic carbocycles. The van der Waals surface area contributed by atoms with Gasteiger partial charge in [-0.1, -0.05) is 12.1 Å². The van der Waals surface area contributed by atoms with E-state index >= 15 is 0 Å². The summed E-state index contributed by atoms with van der Waals surface area (Å²) in [5.41, 5.74) is 1.51. The average Bonchev–Trinajstić information content (AvgIpc) is 2.90. The van der Waals surface area contributed by atoms with Gasteiger partial charge in [0.1, 0.15) is 17.3 Å². The van der Waals surface area contributed by atoms with Crippen molar-refractivity contribution in [3.8, 4) is 11.3 Å². The van der Waals surface area contributed by atoms with E-state index in [1.807, 2.05) is 0 Å². The number of halogens is 2. The molecular formula is C28H24F2N4O3. The van der Waals surface area contributed by atoms with Gasteiger partial charge in [0.05, 0.1) is 18.3 Å². The molecule has 1 amide bonds. The highest BCUT2D eigenvalue weighted by Crippen LogP contribution is 2.22. The van der Waals surface area contributed by atoms with Gasteiger partial charge >= 0.3 is 0 Å². The summed E-state index contributed by atoms with van der Waals surface area (Å²) in [4.78, 5) is 42.9. The molecule has 2 heterocycles. The molecule has 2 N–H and O–H groups in total. The van der Waals surface area contributed by atoms with Gasteiger partial charge in [-0.25, -0.2) is 8.78 Å². The van der Waals surface area contributed by atoms with Crippen LogP contribution in [0.5, 0.6) is 0 Å². The van der Waals surface area contributed by atoms with Crippen LogP contribution < -0.4 is 16.2 Å². The number of amides is 1. The van der Waals surface area contributed by atoms with Crippen LogP contribution in [0.25, 0.3) is 11.3 Å². The molecule has 7 nitrogen and oxygen atoms in total.